The van der Waals surface area contributed by atoms with E-state index in [-0.39, 0.29) is 5.78 Å². The van der Waals surface area contributed by atoms with E-state index in [1.165, 1.54) is 0 Å². The Balaban J connectivity index is 1.47. The molecule has 3 aromatic rings. The summed E-state index contributed by atoms with van der Waals surface area (Å²) in [4.78, 5) is 36.4. The minimum atomic E-state index is -1.02. The van der Waals surface area contributed by atoms with Gasteiger partial charge in [-0.2, -0.15) is 0 Å². The van der Waals surface area contributed by atoms with Crippen molar-refractivity contribution in [2.75, 3.05) is 0 Å². The molecule has 0 amide bonds. The molecule has 2 atom stereocenters. The van der Waals surface area contributed by atoms with Crippen molar-refractivity contribution in [1.29, 1.82) is 0 Å². The first-order chi connectivity index (χ1) is 19.5. The number of aryl methyl sites for hydroxylation is 2. The summed E-state index contributed by atoms with van der Waals surface area (Å²) in [6.45, 7) is 9.66. The summed E-state index contributed by atoms with van der Waals surface area (Å²) >= 11 is 0. The van der Waals surface area contributed by atoms with E-state index in [0.717, 1.165) is 50.5 Å². The molecule has 2 unspecified atom stereocenters. The highest BCUT2D eigenvalue weighted by Crippen LogP contribution is 2.45. The fourth-order valence-corrected chi connectivity index (χ4v) is 5.99. The van der Waals surface area contributed by atoms with Crippen molar-refractivity contribution in [3.05, 3.63) is 106 Å². The number of rotatable bonds is 2. The summed E-state index contributed by atoms with van der Waals surface area (Å²) < 4.78 is 6.50. The largest absolute Gasteiger partial charge is 0.438 e. The lowest BCUT2D eigenvalue weighted by molar-refractivity contribution is -0.126. The number of allylic oxidation sites excluding steroid dienone is 4. The standard InChI is InChI=1S/C33H30N6O2/c1-19-14-21(11-13-34-19)29-35-20(2)28(41-29)33-12-10-25(38-33)16-24-7-6-22(36-24)15-23-8-9-26(37-23)17-32(5)30(40)31(3,4)27(18-33)39-32/h6-18,36,39H,1-5H3. The molecule has 4 aliphatic rings. The molecule has 1 saturated heterocycles. The Morgan fingerprint density at radius 1 is 0.927 bits per heavy atom. The van der Waals surface area contributed by atoms with E-state index in [2.05, 4.69) is 15.3 Å². The van der Waals surface area contributed by atoms with E-state index in [1.807, 2.05) is 107 Å². The maximum atomic E-state index is 13.9. The Bertz CT molecular complexity index is 1960. The van der Waals surface area contributed by atoms with Gasteiger partial charge in [0, 0.05) is 33.8 Å². The van der Waals surface area contributed by atoms with Crippen LogP contribution in [-0.2, 0) is 10.3 Å². The smallest absolute Gasteiger partial charge is 0.226 e. The normalized spacial score (nSPS) is 25.6. The van der Waals surface area contributed by atoms with Gasteiger partial charge in [0.05, 0.1) is 28.2 Å². The summed E-state index contributed by atoms with van der Waals surface area (Å²) in [5.74, 6) is 1.15. The van der Waals surface area contributed by atoms with Crippen molar-refractivity contribution in [1.82, 2.24) is 20.3 Å². The second kappa shape index (κ2) is 8.57. The number of carbonyl (C=O) groups excluding carboxylic acids is 1. The number of hydrogen-bond donors (Lipinski definition) is 2. The second-order valence-electron chi connectivity index (χ2n) is 11.8. The van der Waals surface area contributed by atoms with Gasteiger partial charge in [-0.15, -0.1) is 0 Å². The first kappa shape index (κ1) is 25.1. The third-order valence-electron chi connectivity index (χ3n) is 8.06. The van der Waals surface area contributed by atoms with Crippen LogP contribution in [0.3, 0.4) is 0 Å². The molecule has 4 aliphatic heterocycles. The molecule has 8 bridgehead atoms. The average molecular weight is 543 g/mol. The van der Waals surface area contributed by atoms with Crippen molar-refractivity contribution in [3.8, 4) is 11.5 Å². The van der Waals surface area contributed by atoms with Crippen LogP contribution in [-0.4, -0.2) is 37.7 Å². The van der Waals surface area contributed by atoms with Crippen LogP contribution in [0.5, 0.6) is 0 Å². The van der Waals surface area contributed by atoms with Gasteiger partial charge in [-0.05, 0) is 107 Å². The molecule has 3 aromatic heterocycles. The van der Waals surface area contributed by atoms with Gasteiger partial charge in [-0.3, -0.25) is 14.8 Å². The maximum Gasteiger partial charge on any atom is 0.226 e. The molecule has 41 heavy (non-hydrogen) atoms. The summed E-state index contributed by atoms with van der Waals surface area (Å²) in [6, 6.07) is 7.86. The molecular formula is C33H30N6O2. The van der Waals surface area contributed by atoms with E-state index in [0.29, 0.717) is 11.7 Å². The average Bonchev–Trinajstić information content (AvgIpc) is 3.73. The number of nitrogens with one attached hydrogen (secondary N) is 2. The predicted molar refractivity (Wildman–Crippen MR) is 160 cm³/mol. The number of oxazole rings is 1. The van der Waals surface area contributed by atoms with Crippen molar-refractivity contribution >= 4 is 29.4 Å². The Kier molecular flexibility index (Phi) is 5.26. The summed E-state index contributed by atoms with van der Waals surface area (Å²) in [5, 5.41) is 5.39. The number of pyridine rings is 1. The minimum absolute atomic E-state index is 0.0535. The van der Waals surface area contributed by atoms with Gasteiger partial charge in [0.2, 0.25) is 5.89 Å². The van der Waals surface area contributed by atoms with Crippen LogP contribution < -0.4 is 16.0 Å². The zero-order chi connectivity index (χ0) is 28.6. The quantitative estimate of drug-likeness (QED) is 0.511. The first-order valence-corrected chi connectivity index (χ1v) is 13.7. The molecule has 0 aromatic carbocycles. The van der Waals surface area contributed by atoms with Gasteiger partial charge in [-0.25, -0.2) is 9.98 Å². The van der Waals surface area contributed by atoms with E-state index >= 15 is 0 Å². The second-order valence-corrected chi connectivity index (χ2v) is 11.8. The number of H-pyrrole nitrogens is 1. The lowest BCUT2D eigenvalue weighted by Crippen LogP contribution is -2.41. The zero-order valence-electron chi connectivity index (χ0n) is 23.6. The molecule has 8 nitrogen and oxygen atoms in total. The molecule has 2 N–H and O–H groups in total. The number of carbonyl (C=O) groups is 1. The molecule has 0 saturated carbocycles. The van der Waals surface area contributed by atoms with Crippen LogP contribution in [0.1, 0.15) is 37.9 Å². The zero-order valence-corrected chi connectivity index (χ0v) is 23.6. The predicted octanol–water partition coefficient (Wildman–Crippen LogP) is 3.90. The van der Waals surface area contributed by atoms with Crippen molar-refractivity contribution in [2.24, 2.45) is 15.4 Å². The highest BCUT2D eigenvalue weighted by molar-refractivity contribution is 6.20. The molecule has 0 spiro atoms. The SMILES string of the molecule is Cc1cc(-c2nc(C)c(C34C=CC(=N3)C=c3ccc([nH]3)=CC3=NC(=CC5(C)NC(=C4)C(C)(C)C5=O)C=C3)o2)ccn1. The van der Waals surface area contributed by atoms with Gasteiger partial charge < -0.3 is 14.7 Å². The number of fused-ring (bicyclic) bond motifs is 6. The van der Waals surface area contributed by atoms with Gasteiger partial charge in [-0.1, -0.05) is 0 Å². The highest BCUT2D eigenvalue weighted by atomic mass is 16.4. The van der Waals surface area contributed by atoms with Crippen LogP contribution in [0.25, 0.3) is 23.6 Å². The van der Waals surface area contributed by atoms with Gasteiger partial charge >= 0.3 is 0 Å². The van der Waals surface area contributed by atoms with Crippen molar-refractivity contribution < 1.29 is 9.21 Å². The summed E-state index contributed by atoms with van der Waals surface area (Å²) in [6.07, 6.45) is 17.5. The van der Waals surface area contributed by atoms with Crippen molar-refractivity contribution in [3.63, 3.8) is 0 Å². The molecule has 7 heterocycles. The maximum absolute atomic E-state index is 13.9. The topological polar surface area (TPSA) is 109 Å². The molecule has 204 valence electrons. The van der Waals surface area contributed by atoms with Crippen LogP contribution >= 0.6 is 0 Å². The lowest BCUT2D eigenvalue weighted by atomic mass is 9.79. The fraction of sp³-hybridized carbons (Fsp3) is 0.242. The molecular weight excluding hydrogens is 512 g/mol. The number of Topliss-reactive ketones (excluding diaryl/α,β-unsaturated/α-hetero) is 1. The number of nitrogens with zero attached hydrogens (tertiary/aromatic N) is 4. The molecule has 8 heteroatoms. The monoisotopic (exact) mass is 542 g/mol. The van der Waals surface area contributed by atoms with Crippen LogP contribution in [0.4, 0.5) is 0 Å². The minimum Gasteiger partial charge on any atom is -0.438 e. The van der Waals surface area contributed by atoms with Gasteiger partial charge in [0.15, 0.2) is 17.1 Å². The van der Waals surface area contributed by atoms with Gasteiger partial charge in [0.1, 0.15) is 5.54 Å². The number of aromatic amines is 1. The lowest BCUT2D eigenvalue weighted by Gasteiger charge is -2.24. The first-order valence-electron chi connectivity index (χ1n) is 13.7. The van der Waals surface area contributed by atoms with E-state index in [4.69, 9.17) is 19.4 Å². The Hall–Kier alpha value is -4.85. The summed E-state index contributed by atoms with van der Waals surface area (Å²) in [7, 11) is 0. The van der Waals surface area contributed by atoms with E-state index in [9.17, 15) is 4.79 Å². The third kappa shape index (κ3) is 4.09. The number of hydrogen-bond acceptors (Lipinski definition) is 7. The van der Waals surface area contributed by atoms with Crippen LogP contribution in [0.2, 0.25) is 0 Å². The number of aliphatic imine (C=N–C) groups is 2. The number of aromatic nitrogens is 3. The van der Waals surface area contributed by atoms with Gasteiger partial charge in [0.25, 0.3) is 0 Å². The third-order valence-corrected chi connectivity index (χ3v) is 8.06. The van der Waals surface area contributed by atoms with Crippen LogP contribution in [0.15, 0.2) is 92.7 Å². The van der Waals surface area contributed by atoms with E-state index in [1.54, 1.807) is 6.20 Å². The molecule has 0 radical (unpaired) electrons. The van der Waals surface area contributed by atoms with Crippen molar-refractivity contribution in [2.45, 2.75) is 45.7 Å². The molecule has 0 aliphatic carbocycles. The fourth-order valence-electron chi connectivity index (χ4n) is 5.99. The Morgan fingerprint density at radius 3 is 2.49 bits per heavy atom. The number of ketones is 1. The highest BCUT2D eigenvalue weighted by Gasteiger charge is 2.52. The molecule has 7 rings (SSSR count). The summed E-state index contributed by atoms with van der Waals surface area (Å²) in [5.41, 5.74) is 2.75. The van der Waals surface area contributed by atoms with E-state index < -0.39 is 16.5 Å². The molecule has 1 fully saturated rings. The Labute approximate surface area is 237 Å². The van der Waals surface area contributed by atoms with Crippen LogP contribution in [0, 0.1) is 19.3 Å². The Morgan fingerprint density at radius 2 is 1.71 bits per heavy atom.